The molecule has 0 radical (unpaired) electrons. The van der Waals surface area contributed by atoms with Crippen LogP contribution in [0, 0.1) is 18.3 Å². The highest BCUT2D eigenvalue weighted by Crippen LogP contribution is 2.22. The van der Waals surface area contributed by atoms with Gasteiger partial charge in [-0.1, -0.05) is 18.1 Å². The fraction of sp³-hybridized carbons (Fsp3) is 0.364. The van der Waals surface area contributed by atoms with E-state index < -0.39 is 0 Å². The predicted molar refractivity (Wildman–Crippen MR) is 113 cm³/mol. The molecule has 1 aromatic carbocycles. The SMILES string of the molecule is C#CCOc1ccc(CCNC(=O)C2CCN(c3ccc4nncn4n3)CC2)cc1. The molecule has 0 bridgehead atoms. The van der Waals surface area contributed by atoms with Crippen LogP contribution in [0.15, 0.2) is 42.7 Å². The number of anilines is 1. The molecule has 8 nitrogen and oxygen atoms in total. The molecule has 1 saturated heterocycles. The van der Waals surface area contributed by atoms with Gasteiger partial charge in [-0.05, 0) is 49.1 Å². The van der Waals surface area contributed by atoms with Crippen LogP contribution in [0.1, 0.15) is 18.4 Å². The Morgan fingerprint density at radius 2 is 2.00 bits per heavy atom. The van der Waals surface area contributed by atoms with E-state index in [4.69, 9.17) is 11.2 Å². The summed E-state index contributed by atoms with van der Waals surface area (Å²) in [5, 5.41) is 15.4. The van der Waals surface area contributed by atoms with Crippen LogP contribution in [0.4, 0.5) is 5.82 Å². The Morgan fingerprint density at radius 3 is 2.77 bits per heavy atom. The minimum Gasteiger partial charge on any atom is -0.481 e. The van der Waals surface area contributed by atoms with Crippen LogP contribution in [-0.2, 0) is 11.2 Å². The molecule has 154 valence electrons. The molecule has 1 amide bonds. The molecule has 0 saturated carbocycles. The Balaban J connectivity index is 1.21. The third kappa shape index (κ3) is 4.69. The summed E-state index contributed by atoms with van der Waals surface area (Å²) in [4.78, 5) is 14.7. The monoisotopic (exact) mass is 404 g/mol. The summed E-state index contributed by atoms with van der Waals surface area (Å²) in [6, 6.07) is 11.6. The highest BCUT2D eigenvalue weighted by atomic mass is 16.5. The number of carbonyl (C=O) groups excluding carboxylic acids is 1. The number of amides is 1. The number of piperidine rings is 1. The highest BCUT2D eigenvalue weighted by molar-refractivity contribution is 5.79. The molecule has 1 aliphatic rings. The van der Waals surface area contributed by atoms with Crippen molar-refractivity contribution in [2.45, 2.75) is 19.3 Å². The first kappa shape index (κ1) is 19.7. The normalized spacial score (nSPS) is 14.4. The van der Waals surface area contributed by atoms with Gasteiger partial charge >= 0.3 is 0 Å². The van der Waals surface area contributed by atoms with Gasteiger partial charge in [0, 0.05) is 25.6 Å². The number of aromatic nitrogens is 4. The number of carbonyl (C=O) groups is 1. The van der Waals surface area contributed by atoms with Crippen LogP contribution in [-0.4, -0.2) is 52.0 Å². The summed E-state index contributed by atoms with van der Waals surface area (Å²) in [7, 11) is 0. The van der Waals surface area contributed by atoms with Gasteiger partial charge in [-0.15, -0.1) is 21.7 Å². The van der Waals surface area contributed by atoms with Gasteiger partial charge in [-0.3, -0.25) is 4.79 Å². The van der Waals surface area contributed by atoms with E-state index in [9.17, 15) is 4.79 Å². The van der Waals surface area contributed by atoms with Crippen molar-refractivity contribution in [2.75, 3.05) is 31.1 Å². The van der Waals surface area contributed by atoms with Gasteiger partial charge in [0.2, 0.25) is 5.91 Å². The molecule has 1 N–H and O–H groups in total. The first-order valence-electron chi connectivity index (χ1n) is 10.1. The molecule has 0 unspecified atom stereocenters. The van der Waals surface area contributed by atoms with E-state index in [1.54, 1.807) is 10.8 Å². The lowest BCUT2D eigenvalue weighted by Crippen LogP contribution is -2.41. The first-order valence-corrected chi connectivity index (χ1v) is 10.1. The van der Waals surface area contributed by atoms with Crippen molar-refractivity contribution in [1.29, 1.82) is 0 Å². The molecular weight excluding hydrogens is 380 g/mol. The third-order valence-electron chi connectivity index (χ3n) is 5.30. The number of rotatable bonds is 7. The van der Waals surface area contributed by atoms with Crippen LogP contribution in [0.25, 0.3) is 5.65 Å². The molecule has 3 aromatic rings. The number of terminal acetylenes is 1. The molecule has 4 rings (SSSR count). The van der Waals surface area contributed by atoms with E-state index in [0.29, 0.717) is 6.54 Å². The topological polar surface area (TPSA) is 84.6 Å². The Hall–Kier alpha value is -3.60. The maximum Gasteiger partial charge on any atom is 0.223 e. The van der Waals surface area contributed by atoms with Gasteiger partial charge < -0.3 is 15.0 Å². The predicted octanol–water partition coefficient (Wildman–Crippen LogP) is 1.71. The number of hydrogen-bond acceptors (Lipinski definition) is 6. The molecule has 8 heteroatoms. The van der Waals surface area contributed by atoms with E-state index in [2.05, 4.69) is 31.4 Å². The zero-order valence-corrected chi connectivity index (χ0v) is 16.7. The summed E-state index contributed by atoms with van der Waals surface area (Å²) in [6.45, 7) is 2.49. The second kappa shape index (κ2) is 9.27. The van der Waals surface area contributed by atoms with E-state index in [-0.39, 0.29) is 18.4 Å². The maximum absolute atomic E-state index is 12.5. The zero-order valence-electron chi connectivity index (χ0n) is 16.7. The van der Waals surface area contributed by atoms with Crippen molar-refractivity contribution >= 4 is 17.4 Å². The van der Waals surface area contributed by atoms with Crippen molar-refractivity contribution in [3.8, 4) is 18.1 Å². The minimum atomic E-state index is 0.0411. The molecule has 1 fully saturated rings. The quantitative estimate of drug-likeness (QED) is 0.604. The Labute approximate surface area is 175 Å². The van der Waals surface area contributed by atoms with E-state index >= 15 is 0 Å². The van der Waals surface area contributed by atoms with Crippen molar-refractivity contribution in [3.63, 3.8) is 0 Å². The number of nitrogens with one attached hydrogen (secondary N) is 1. The fourth-order valence-electron chi connectivity index (χ4n) is 3.61. The van der Waals surface area contributed by atoms with Gasteiger partial charge in [0.1, 0.15) is 24.5 Å². The molecule has 30 heavy (non-hydrogen) atoms. The zero-order chi connectivity index (χ0) is 20.8. The summed E-state index contributed by atoms with van der Waals surface area (Å²) < 4.78 is 7.04. The number of fused-ring (bicyclic) bond motifs is 1. The average Bonchev–Trinajstić information content (AvgIpc) is 3.26. The first-order chi connectivity index (χ1) is 14.7. The lowest BCUT2D eigenvalue weighted by molar-refractivity contribution is -0.125. The molecule has 0 spiro atoms. The van der Waals surface area contributed by atoms with Crippen LogP contribution in [0.3, 0.4) is 0 Å². The van der Waals surface area contributed by atoms with E-state index in [1.807, 2.05) is 36.4 Å². The summed E-state index contributed by atoms with van der Waals surface area (Å²) >= 11 is 0. The second-order valence-electron chi connectivity index (χ2n) is 7.26. The molecule has 0 atom stereocenters. The largest absolute Gasteiger partial charge is 0.481 e. The highest BCUT2D eigenvalue weighted by Gasteiger charge is 2.25. The number of ether oxygens (including phenoxy) is 1. The Kier molecular flexibility index (Phi) is 6.09. The number of hydrogen-bond donors (Lipinski definition) is 1. The van der Waals surface area contributed by atoms with Gasteiger partial charge in [0.25, 0.3) is 0 Å². The summed E-state index contributed by atoms with van der Waals surface area (Å²) in [6.07, 6.45) is 9.19. The Morgan fingerprint density at radius 1 is 1.20 bits per heavy atom. The molecule has 0 aliphatic carbocycles. The maximum atomic E-state index is 12.5. The van der Waals surface area contributed by atoms with Crippen molar-refractivity contribution in [3.05, 3.63) is 48.3 Å². The van der Waals surface area contributed by atoms with E-state index in [0.717, 1.165) is 55.1 Å². The Bertz CT molecular complexity index is 1030. The molecule has 2 aromatic heterocycles. The lowest BCUT2D eigenvalue weighted by Gasteiger charge is -2.32. The van der Waals surface area contributed by atoms with Crippen LogP contribution < -0.4 is 15.0 Å². The number of benzene rings is 1. The smallest absolute Gasteiger partial charge is 0.223 e. The van der Waals surface area contributed by atoms with Crippen molar-refractivity contribution in [2.24, 2.45) is 5.92 Å². The summed E-state index contributed by atoms with van der Waals surface area (Å²) in [5.41, 5.74) is 1.87. The standard InChI is InChI=1S/C22H24N6O2/c1-2-15-30-19-5-3-17(4-6-19)9-12-23-22(29)18-10-13-27(14-11-18)21-8-7-20-25-24-16-28(20)26-21/h1,3-8,16,18H,9-15H2,(H,23,29). The second-order valence-corrected chi connectivity index (χ2v) is 7.26. The van der Waals surface area contributed by atoms with E-state index in [1.165, 1.54) is 0 Å². The average molecular weight is 404 g/mol. The fourth-order valence-corrected chi connectivity index (χ4v) is 3.61. The van der Waals surface area contributed by atoms with Crippen molar-refractivity contribution in [1.82, 2.24) is 25.1 Å². The molecule has 3 heterocycles. The molecule has 1 aliphatic heterocycles. The van der Waals surface area contributed by atoms with Crippen LogP contribution >= 0.6 is 0 Å². The van der Waals surface area contributed by atoms with Gasteiger partial charge in [-0.25, -0.2) is 0 Å². The van der Waals surface area contributed by atoms with Crippen molar-refractivity contribution < 1.29 is 9.53 Å². The van der Waals surface area contributed by atoms with Gasteiger partial charge in [0.05, 0.1) is 0 Å². The minimum absolute atomic E-state index is 0.0411. The molecular formula is C22H24N6O2. The van der Waals surface area contributed by atoms with Crippen LogP contribution in [0.5, 0.6) is 5.75 Å². The summed E-state index contributed by atoms with van der Waals surface area (Å²) in [5.74, 6) is 4.26. The number of nitrogens with zero attached hydrogens (tertiary/aromatic N) is 5. The lowest BCUT2D eigenvalue weighted by atomic mass is 9.96. The third-order valence-corrected chi connectivity index (χ3v) is 5.30. The van der Waals surface area contributed by atoms with Crippen LogP contribution in [0.2, 0.25) is 0 Å². The van der Waals surface area contributed by atoms with Gasteiger partial charge in [0.15, 0.2) is 5.65 Å². The van der Waals surface area contributed by atoms with Gasteiger partial charge in [-0.2, -0.15) is 4.52 Å².